The molecule has 0 aliphatic heterocycles. The number of rotatable bonds is 6. The lowest BCUT2D eigenvalue weighted by molar-refractivity contribution is -0.128. The van der Waals surface area contributed by atoms with Gasteiger partial charge in [-0.2, -0.15) is 5.21 Å². The van der Waals surface area contributed by atoms with Crippen molar-refractivity contribution in [3.05, 3.63) is 36.2 Å². The first-order valence-electron chi connectivity index (χ1n) is 6.01. The standard InChI is InChI=1S/C12H15N5O2/c1-2-10(19-9-6-4-3-5-7-9)12(18)13-8-11-14-16-17-15-11/h3-7,10H,2,8H2,1H3,(H,13,18)(H,14,15,16,17). The summed E-state index contributed by atoms with van der Waals surface area (Å²) in [4.78, 5) is 12.0. The number of aromatic amines is 1. The van der Waals surface area contributed by atoms with Gasteiger partial charge < -0.3 is 10.1 Å². The Morgan fingerprint density at radius 1 is 1.42 bits per heavy atom. The van der Waals surface area contributed by atoms with Crippen LogP contribution < -0.4 is 10.1 Å². The first-order chi connectivity index (χ1) is 9.29. The summed E-state index contributed by atoms with van der Waals surface area (Å²) in [5, 5.41) is 16.0. The molecule has 19 heavy (non-hydrogen) atoms. The molecule has 0 saturated carbocycles. The number of carbonyl (C=O) groups is 1. The number of hydrogen-bond donors (Lipinski definition) is 2. The molecule has 1 aromatic carbocycles. The summed E-state index contributed by atoms with van der Waals surface area (Å²) in [5.74, 6) is 0.906. The summed E-state index contributed by atoms with van der Waals surface area (Å²) in [6, 6.07) is 9.24. The third-order valence-electron chi connectivity index (χ3n) is 2.49. The van der Waals surface area contributed by atoms with E-state index in [0.29, 0.717) is 18.0 Å². The van der Waals surface area contributed by atoms with Gasteiger partial charge in [0.2, 0.25) is 0 Å². The summed E-state index contributed by atoms with van der Waals surface area (Å²) in [6.45, 7) is 2.12. The maximum atomic E-state index is 12.0. The minimum absolute atomic E-state index is 0.198. The molecule has 1 atom stereocenters. The van der Waals surface area contributed by atoms with Gasteiger partial charge in [-0.05, 0) is 18.6 Å². The van der Waals surface area contributed by atoms with Crippen molar-refractivity contribution in [2.24, 2.45) is 0 Å². The van der Waals surface area contributed by atoms with Gasteiger partial charge in [0.15, 0.2) is 11.9 Å². The highest BCUT2D eigenvalue weighted by molar-refractivity contribution is 5.80. The number of hydrogen-bond acceptors (Lipinski definition) is 5. The molecule has 2 N–H and O–H groups in total. The highest BCUT2D eigenvalue weighted by atomic mass is 16.5. The molecule has 0 radical (unpaired) electrons. The van der Waals surface area contributed by atoms with Crippen LogP contribution in [0.25, 0.3) is 0 Å². The highest BCUT2D eigenvalue weighted by Gasteiger charge is 2.18. The number of H-pyrrole nitrogens is 1. The van der Waals surface area contributed by atoms with Gasteiger partial charge in [-0.25, -0.2) is 0 Å². The van der Waals surface area contributed by atoms with Gasteiger partial charge in [0, 0.05) is 0 Å². The van der Waals surface area contributed by atoms with Crippen LogP contribution in [0.4, 0.5) is 0 Å². The Labute approximate surface area is 110 Å². The lowest BCUT2D eigenvalue weighted by atomic mass is 10.2. The molecule has 0 aliphatic carbocycles. The third kappa shape index (κ3) is 3.77. The van der Waals surface area contributed by atoms with Crippen LogP contribution in [0, 0.1) is 0 Å². The molecule has 0 bridgehead atoms. The molecule has 0 aliphatic rings. The minimum atomic E-state index is -0.533. The van der Waals surface area contributed by atoms with E-state index in [1.54, 1.807) is 0 Å². The Hall–Kier alpha value is -2.44. The maximum Gasteiger partial charge on any atom is 0.261 e. The third-order valence-corrected chi connectivity index (χ3v) is 2.49. The van der Waals surface area contributed by atoms with Crippen molar-refractivity contribution < 1.29 is 9.53 Å². The summed E-state index contributed by atoms with van der Waals surface area (Å²) in [5.41, 5.74) is 0. The minimum Gasteiger partial charge on any atom is -0.481 e. The van der Waals surface area contributed by atoms with Crippen molar-refractivity contribution in [3.8, 4) is 5.75 Å². The summed E-state index contributed by atoms with van der Waals surface area (Å²) >= 11 is 0. The van der Waals surface area contributed by atoms with Crippen LogP contribution in [0.5, 0.6) is 5.75 Å². The van der Waals surface area contributed by atoms with Crippen molar-refractivity contribution in [2.45, 2.75) is 26.0 Å². The summed E-state index contributed by atoms with van der Waals surface area (Å²) in [6.07, 6.45) is 0.0433. The molecule has 0 saturated heterocycles. The molecule has 2 aromatic rings. The first kappa shape index (κ1) is 13.0. The molecule has 0 fully saturated rings. The molecule has 0 spiro atoms. The Bertz CT molecular complexity index is 500. The molecule has 1 unspecified atom stereocenters. The molecular weight excluding hydrogens is 246 g/mol. The molecule has 1 amide bonds. The molecule has 1 aromatic heterocycles. The number of amides is 1. The van der Waals surface area contributed by atoms with Gasteiger partial charge in [-0.15, -0.1) is 10.2 Å². The Kier molecular flexibility index (Phi) is 4.44. The van der Waals surface area contributed by atoms with E-state index < -0.39 is 6.10 Å². The fraction of sp³-hybridized carbons (Fsp3) is 0.333. The number of tetrazole rings is 1. The number of ether oxygens (including phenoxy) is 1. The Balaban J connectivity index is 1.88. The van der Waals surface area contributed by atoms with Crippen LogP contribution >= 0.6 is 0 Å². The van der Waals surface area contributed by atoms with Crippen LogP contribution in [0.2, 0.25) is 0 Å². The fourth-order valence-corrected chi connectivity index (χ4v) is 1.52. The maximum absolute atomic E-state index is 12.0. The van der Waals surface area contributed by atoms with Crippen molar-refractivity contribution in [3.63, 3.8) is 0 Å². The van der Waals surface area contributed by atoms with E-state index in [9.17, 15) is 4.79 Å². The first-order valence-corrected chi connectivity index (χ1v) is 6.01. The van der Waals surface area contributed by atoms with Gasteiger partial charge in [0.1, 0.15) is 5.75 Å². The Morgan fingerprint density at radius 2 is 2.21 bits per heavy atom. The van der Waals surface area contributed by atoms with Crippen LogP contribution in [0.1, 0.15) is 19.2 Å². The quantitative estimate of drug-likeness (QED) is 0.797. The van der Waals surface area contributed by atoms with E-state index in [4.69, 9.17) is 4.74 Å². The average Bonchev–Trinajstić information content (AvgIpc) is 2.96. The van der Waals surface area contributed by atoms with Gasteiger partial charge in [-0.3, -0.25) is 4.79 Å². The zero-order chi connectivity index (χ0) is 13.5. The van der Waals surface area contributed by atoms with Crippen molar-refractivity contribution in [2.75, 3.05) is 0 Å². The lowest BCUT2D eigenvalue weighted by Crippen LogP contribution is -2.37. The van der Waals surface area contributed by atoms with Crippen LogP contribution in [0.15, 0.2) is 30.3 Å². The molecule has 7 heteroatoms. The topological polar surface area (TPSA) is 92.8 Å². The van der Waals surface area contributed by atoms with E-state index in [-0.39, 0.29) is 12.5 Å². The molecule has 7 nitrogen and oxygen atoms in total. The predicted molar refractivity (Wildman–Crippen MR) is 67.2 cm³/mol. The number of nitrogens with one attached hydrogen (secondary N) is 2. The lowest BCUT2D eigenvalue weighted by Gasteiger charge is -2.16. The van der Waals surface area contributed by atoms with Crippen molar-refractivity contribution in [1.29, 1.82) is 0 Å². The molecule has 2 rings (SSSR count). The van der Waals surface area contributed by atoms with Gasteiger partial charge in [-0.1, -0.05) is 30.3 Å². The molecule has 100 valence electrons. The highest BCUT2D eigenvalue weighted by Crippen LogP contribution is 2.12. The van der Waals surface area contributed by atoms with E-state index in [1.807, 2.05) is 37.3 Å². The van der Waals surface area contributed by atoms with Crippen LogP contribution in [-0.4, -0.2) is 32.6 Å². The smallest absolute Gasteiger partial charge is 0.261 e. The number of para-hydroxylation sites is 1. The number of aromatic nitrogens is 4. The SMILES string of the molecule is CCC(Oc1ccccc1)C(=O)NCc1nn[nH]n1. The number of nitrogens with zero attached hydrogens (tertiary/aromatic N) is 3. The molecular formula is C12H15N5O2. The largest absolute Gasteiger partial charge is 0.481 e. The zero-order valence-electron chi connectivity index (χ0n) is 10.5. The second kappa shape index (κ2) is 6.48. The summed E-state index contributed by atoms with van der Waals surface area (Å²) in [7, 11) is 0. The second-order valence-corrected chi connectivity index (χ2v) is 3.87. The van der Waals surface area contributed by atoms with Crippen LogP contribution in [0.3, 0.4) is 0 Å². The zero-order valence-corrected chi connectivity index (χ0v) is 10.5. The predicted octanol–water partition coefficient (Wildman–Crippen LogP) is 0.673. The average molecular weight is 261 g/mol. The molecule has 1 heterocycles. The monoisotopic (exact) mass is 261 g/mol. The van der Waals surface area contributed by atoms with Crippen LogP contribution in [-0.2, 0) is 11.3 Å². The van der Waals surface area contributed by atoms with Gasteiger partial charge >= 0.3 is 0 Å². The van der Waals surface area contributed by atoms with Gasteiger partial charge in [0.05, 0.1) is 6.54 Å². The Morgan fingerprint density at radius 3 is 2.84 bits per heavy atom. The van der Waals surface area contributed by atoms with E-state index in [2.05, 4.69) is 25.9 Å². The normalized spacial score (nSPS) is 11.8. The van der Waals surface area contributed by atoms with Gasteiger partial charge in [0.25, 0.3) is 5.91 Å². The number of benzene rings is 1. The summed E-state index contributed by atoms with van der Waals surface area (Å²) < 4.78 is 5.62. The van der Waals surface area contributed by atoms with E-state index in [0.717, 1.165) is 0 Å². The van der Waals surface area contributed by atoms with E-state index >= 15 is 0 Å². The van der Waals surface area contributed by atoms with Crippen molar-refractivity contribution >= 4 is 5.91 Å². The fourth-order valence-electron chi connectivity index (χ4n) is 1.52. The van der Waals surface area contributed by atoms with E-state index in [1.165, 1.54) is 0 Å². The second-order valence-electron chi connectivity index (χ2n) is 3.87. The van der Waals surface area contributed by atoms with Crippen molar-refractivity contribution in [1.82, 2.24) is 25.9 Å². The number of carbonyl (C=O) groups excluding carboxylic acids is 1.